The highest BCUT2D eigenvalue weighted by Crippen LogP contribution is 1.84. The van der Waals surface area contributed by atoms with Gasteiger partial charge in [0.2, 0.25) is 5.78 Å². The summed E-state index contributed by atoms with van der Waals surface area (Å²) in [4.78, 5) is 20.7. The number of aliphatic hydroxyl groups is 1. The van der Waals surface area contributed by atoms with Gasteiger partial charge in [0, 0.05) is 0 Å². The fourth-order valence-corrected chi connectivity index (χ4v) is 0.403. The second kappa shape index (κ2) is 3.54. The van der Waals surface area contributed by atoms with E-state index in [0.29, 0.717) is 0 Å². The molecule has 0 fully saturated rings. The van der Waals surface area contributed by atoms with Crippen molar-refractivity contribution >= 4 is 21.1 Å². The van der Waals surface area contributed by atoms with Crippen molar-refractivity contribution in [2.75, 3.05) is 0 Å². The van der Waals surface area contributed by atoms with E-state index < -0.39 is 17.8 Å². The van der Waals surface area contributed by atoms with Gasteiger partial charge in [-0.3, -0.25) is 9.59 Å². The van der Waals surface area contributed by atoms with Gasteiger partial charge in [-0.25, -0.2) is 0 Å². The molecule has 0 heterocycles. The van der Waals surface area contributed by atoms with Gasteiger partial charge in [-0.2, -0.15) is 0 Å². The van der Waals surface area contributed by atoms with Gasteiger partial charge in [0.05, 0.1) is 0 Å². The molecule has 0 saturated heterocycles. The first kappa shape index (κ1) is 8.53. The number of aliphatic hydroxyl groups excluding tert-OH is 1. The number of amides is 1. The van der Waals surface area contributed by atoms with E-state index in [1.165, 1.54) is 6.92 Å². The van der Waals surface area contributed by atoms with Crippen LogP contribution in [0.15, 0.2) is 0 Å². The van der Waals surface area contributed by atoms with Crippen molar-refractivity contribution in [3.63, 3.8) is 0 Å². The number of hydrogen-bond acceptors (Lipinski definition) is 3. The summed E-state index contributed by atoms with van der Waals surface area (Å²) in [7, 11) is 1.88. The van der Waals surface area contributed by atoms with Gasteiger partial charge in [-0.1, -0.05) is 0 Å². The van der Waals surface area contributed by atoms with E-state index in [-0.39, 0.29) is 0 Å². The Balaban J connectivity index is 3.89. The molecule has 0 rings (SSSR count). The molecule has 1 amide bonds. The van der Waals surface area contributed by atoms with Crippen molar-refractivity contribution in [3.8, 4) is 0 Å². The predicted octanol–water partition coefficient (Wildman–Crippen LogP) is -1.16. The van der Waals surface area contributed by atoms with Crippen LogP contribution in [0.25, 0.3) is 0 Å². The molecule has 0 aliphatic heterocycles. The molecule has 2 unspecified atom stereocenters. The summed E-state index contributed by atoms with van der Waals surface area (Å²) >= 11 is 0. The Hall–Kier alpha value is -0.470. The molecule has 0 aliphatic carbocycles. The zero-order valence-electron chi connectivity index (χ0n) is 4.92. The van der Waals surface area contributed by atoms with Crippen LogP contribution in [-0.2, 0) is 9.59 Å². The minimum absolute atomic E-state index is 0.796. The standard InChI is InChI=1S/C4H8NO3P/c1-2(6)3(7)4(8)5-9/h2,6H,9H2,1H3,(H,5,8). The summed E-state index contributed by atoms with van der Waals surface area (Å²) in [5.41, 5.74) is 0. The molecule has 0 aromatic rings. The molecule has 0 bridgehead atoms. The van der Waals surface area contributed by atoms with E-state index in [4.69, 9.17) is 5.11 Å². The van der Waals surface area contributed by atoms with Gasteiger partial charge in [0.1, 0.15) is 6.10 Å². The van der Waals surface area contributed by atoms with E-state index in [9.17, 15) is 9.59 Å². The quantitative estimate of drug-likeness (QED) is 0.384. The van der Waals surface area contributed by atoms with E-state index >= 15 is 0 Å². The highest BCUT2D eigenvalue weighted by Gasteiger charge is 2.16. The topological polar surface area (TPSA) is 66.4 Å². The van der Waals surface area contributed by atoms with Crippen molar-refractivity contribution < 1.29 is 14.7 Å². The second-order valence-corrected chi connectivity index (χ2v) is 1.80. The first-order valence-electron chi connectivity index (χ1n) is 2.32. The number of hydrogen-bond donors (Lipinski definition) is 2. The van der Waals surface area contributed by atoms with Crippen LogP contribution in [0.1, 0.15) is 6.92 Å². The monoisotopic (exact) mass is 149 g/mol. The second-order valence-electron chi connectivity index (χ2n) is 1.51. The van der Waals surface area contributed by atoms with Crippen LogP contribution >= 0.6 is 9.39 Å². The van der Waals surface area contributed by atoms with E-state index in [0.717, 1.165) is 0 Å². The summed E-state index contributed by atoms with van der Waals surface area (Å²) in [5.74, 6) is -1.62. The largest absolute Gasteiger partial charge is 0.385 e. The number of nitrogens with one attached hydrogen (secondary N) is 1. The molecule has 0 aromatic carbocycles. The van der Waals surface area contributed by atoms with Crippen molar-refractivity contribution in [3.05, 3.63) is 0 Å². The van der Waals surface area contributed by atoms with Crippen LogP contribution in [-0.4, -0.2) is 22.9 Å². The minimum atomic E-state index is -1.22. The summed E-state index contributed by atoms with van der Waals surface area (Å²) in [6, 6.07) is 0. The maximum absolute atomic E-state index is 10.4. The van der Waals surface area contributed by atoms with Crippen LogP contribution in [0.2, 0.25) is 0 Å². The summed E-state index contributed by atoms with van der Waals surface area (Å²) in [6.07, 6.45) is -1.22. The van der Waals surface area contributed by atoms with E-state index in [2.05, 4.69) is 0 Å². The van der Waals surface area contributed by atoms with Gasteiger partial charge in [0.15, 0.2) is 0 Å². The lowest BCUT2D eigenvalue weighted by atomic mass is 10.2. The lowest BCUT2D eigenvalue weighted by Crippen LogP contribution is -2.31. The highest BCUT2D eigenvalue weighted by atomic mass is 31.0. The Labute approximate surface area is 54.9 Å². The molecule has 0 saturated carbocycles. The van der Waals surface area contributed by atoms with Crippen LogP contribution < -0.4 is 5.09 Å². The molecule has 0 radical (unpaired) electrons. The first-order chi connectivity index (χ1) is 4.09. The molecule has 2 atom stereocenters. The Kier molecular flexibility index (Phi) is 3.35. The van der Waals surface area contributed by atoms with Crippen LogP contribution in [0, 0.1) is 0 Å². The molecule has 0 aliphatic rings. The van der Waals surface area contributed by atoms with Crippen molar-refractivity contribution in [1.82, 2.24) is 5.09 Å². The average Bonchev–Trinajstić information content (AvgIpc) is 1.84. The van der Waals surface area contributed by atoms with Crippen molar-refractivity contribution in [2.45, 2.75) is 13.0 Å². The van der Waals surface area contributed by atoms with Gasteiger partial charge in [-0.05, 0) is 16.3 Å². The lowest BCUT2D eigenvalue weighted by molar-refractivity contribution is -0.141. The third-order valence-corrected chi connectivity index (χ3v) is 0.997. The number of Topliss-reactive ketones (excluding diaryl/α,β-unsaturated/α-hetero) is 1. The molecule has 0 spiro atoms. The highest BCUT2D eigenvalue weighted by molar-refractivity contribution is 7.15. The summed E-state index contributed by atoms with van der Waals surface area (Å²) < 4.78 is 0. The number of carbonyl (C=O) groups is 2. The van der Waals surface area contributed by atoms with Gasteiger partial charge in [0.25, 0.3) is 5.91 Å². The molecule has 9 heavy (non-hydrogen) atoms. The Morgan fingerprint density at radius 1 is 1.67 bits per heavy atom. The lowest BCUT2D eigenvalue weighted by Gasteiger charge is -1.98. The fourth-order valence-electron chi connectivity index (χ4n) is 0.261. The normalized spacial score (nSPS) is 12.3. The zero-order chi connectivity index (χ0) is 7.44. The Morgan fingerprint density at radius 2 is 2.11 bits per heavy atom. The van der Waals surface area contributed by atoms with Crippen LogP contribution in [0.5, 0.6) is 0 Å². The minimum Gasteiger partial charge on any atom is -0.385 e. The maximum atomic E-state index is 10.4. The summed E-state index contributed by atoms with van der Waals surface area (Å²) in [6.45, 7) is 1.24. The zero-order valence-corrected chi connectivity index (χ0v) is 6.07. The molecule has 5 heteroatoms. The van der Waals surface area contributed by atoms with Crippen LogP contribution in [0.4, 0.5) is 0 Å². The molecule has 2 N–H and O–H groups in total. The number of rotatable bonds is 2. The van der Waals surface area contributed by atoms with Gasteiger partial charge >= 0.3 is 0 Å². The Morgan fingerprint density at radius 3 is 2.22 bits per heavy atom. The van der Waals surface area contributed by atoms with Crippen molar-refractivity contribution in [1.29, 1.82) is 0 Å². The van der Waals surface area contributed by atoms with E-state index in [1.54, 1.807) is 0 Å². The number of ketones is 1. The smallest absolute Gasteiger partial charge is 0.292 e. The maximum Gasteiger partial charge on any atom is 0.292 e. The van der Waals surface area contributed by atoms with Gasteiger partial charge in [-0.15, -0.1) is 0 Å². The first-order valence-corrected chi connectivity index (χ1v) is 2.90. The third-order valence-electron chi connectivity index (χ3n) is 0.734. The summed E-state index contributed by atoms with van der Waals surface area (Å²) in [5, 5.41) is 10.5. The molecular weight excluding hydrogens is 141 g/mol. The van der Waals surface area contributed by atoms with E-state index in [1.807, 2.05) is 14.5 Å². The molecule has 52 valence electrons. The predicted molar refractivity (Wildman–Crippen MR) is 34.5 cm³/mol. The Bertz CT molecular complexity index is 134. The van der Waals surface area contributed by atoms with Crippen LogP contribution in [0.3, 0.4) is 0 Å². The molecule has 4 nitrogen and oxygen atoms in total. The number of carbonyl (C=O) groups excluding carboxylic acids is 2. The van der Waals surface area contributed by atoms with Crippen molar-refractivity contribution in [2.24, 2.45) is 0 Å². The SMILES string of the molecule is CC(O)C(=O)C(=O)NP. The van der Waals surface area contributed by atoms with Gasteiger partial charge < -0.3 is 10.2 Å². The molecular formula is C4H8NO3P. The third kappa shape index (κ3) is 2.54. The fraction of sp³-hybridized carbons (Fsp3) is 0.500. The molecule has 0 aromatic heterocycles. The average molecular weight is 149 g/mol.